The highest BCUT2D eigenvalue weighted by molar-refractivity contribution is 6.04. The average Bonchev–Trinajstić information content (AvgIpc) is 2.38. The normalized spacial score (nSPS) is 14.7. The van der Waals surface area contributed by atoms with Crippen LogP contribution in [-0.4, -0.2) is 24.5 Å². The third-order valence-electron chi connectivity index (χ3n) is 2.72. The molecule has 94 valence electrons. The molecule has 0 aromatic heterocycles. The maximum Gasteiger partial charge on any atom is 0.240 e. The van der Waals surface area contributed by atoms with Crippen LogP contribution in [0, 0.1) is 6.92 Å². The maximum atomic E-state index is 11.0. The zero-order valence-corrected chi connectivity index (χ0v) is 10.1. The molecule has 1 aliphatic heterocycles. The number of aldehydes is 1. The average molecular weight is 246 g/mol. The predicted octanol–water partition coefficient (Wildman–Crippen LogP) is 1.19. The summed E-state index contributed by atoms with van der Waals surface area (Å²) in [5.74, 6) is 0.632. The van der Waals surface area contributed by atoms with Crippen molar-refractivity contribution in [2.75, 3.05) is 6.61 Å². The molecular weight excluding hydrogens is 232 g/mol. The lowest BCUT2D eigenvalue weighted by Crippen LogP contribution is -2.25. The van der Waals surface area contributed by atoms with Crippen molar-refractivity contribution < 1.29 is 14.3 Å². The van der Waals surface area contributed by atoms with E-state index in [1.807, 2.05) is 25.1 Å². The van der Waals surface area contributed by atoms with E-state index in [0.717, 1.165) is 16.8 Å². The second kappa shape index (κ2) is 5.44. The van der Waals surface area contributed by atoms with Crippen molar-refractivity contribution in [1.29, 1.82) is 0 Å². The molecule has 1 amide bonds. The number of ether oxygens (including phenoxy) is 1. The predicted molar refractivity (Wildman–Crippen MR) is 66.7 cm³/mol. The second-order valence-electron chi connectivity index (χ2n) is 4.05. The van der Waals surface area contributed by atoms with Crippen LogP contribution in [0.3, 0.4) is 0 Å². The van der Waals surface area contributed by atoms with E-state index < -0.39 is 0 Å². The molecular formula is C13H14N2O3. The SMILES string of the molecule is Cc1cc(C2=NNC(=O)CC2)ccc1OCC=O. The summed E-state index contributed by atoms with van der Waals surface area (Å²) in [6.45, 7) is 1.96. The standard InChI is InChI=1S/C13H14N2O3/c1-9-8-10(2-4-12(9)18-7-6-16)11-3-5-13(17)15-14-11/h2,4,6,8H,3,5,7H2,1H3,(H,15,17). The summed E-state index contributed by atoms with van der Waals surface area (Å²) in [4.78, 5) is 21.3. The van der Waals surface area contributed by atoms with Gasteiger partial charge in [-0.05, 0) is 36.2 Å². The lowest BCUT2D eigenvalue weighted by Gasteiger charge is -2.13. The van der Waals surface area contributed by atoms with Gasteiger partial charge in [0.05, 0.1) is 5.71 Å². The van der Waals surface area contributed by atoms with Crippen LogP contribution >= 0.6 is 0 Å². The van der Waals surface area contributed by atoms with Gasteiger partial charge in [-0.25, -0.2) is 5.43 Å². The highest BCUT2D eigenvalue weighted by Crippen LogP contribution is 2.21. The fourth-order valence-electron chi connectivity index (χ4n) is 1.80. The van der Waals surface area contributed by atoms with Gasteiger partial charge in [0.2, 0.25) is 5.91 Å². The van der Waals surface area contributed by atoms with Crippen molar-refractivity contribution in [3.8, 4) is 5.75 Å². The first kappa shape index (κ1) is 12.3. The molecule has 1 aromatic carbocycles. The van der Waals surface area contributed by atoms with E-state index >= 15 is 0 Å². The van der Waals surface area contributed by atoms with Crippen molar-refractivity contribution in [2.45, 2.75) is 19.8 Å². The van der Waals surface area contributed by atoms with Crippen molar-refractivity contribution in [2.24, 2.45) is 5.10 Å². The van der Waals surface area contributed by atoms with Crippen molar-refractivity contribution in [3.05, 3.63) is 29.3 Å². The van der Waals surface area contributed by atoms with Gasteiger partial charge < -0.3 is 4.74 Å². The van der Waals surface area contributed by atoms with Crippen LogP contribution in [0.5, 0.6) is 5.75 Å². The molecule has 0 spiro atoms. The molecule has 0 saturated carbocycles. The largest absolute Gasteiger partial charge is 0.486 e. The van der Waals surface area contributed by atoms with E-state index in [9.17, 15) is 9.59 Å². The second-order valence-corrected chi connectivity index (χ2v) is 4.05. The van der Waals surface area contributed by atoms with Gasteiger partial charge in [-0.2, -0.15) is 5.10 Å². The van der Waals surface area contributed by atoms with Crippen LogP contribution in [0.15, 0.2) is 23.3 Å². The first-order chi connectivity index (χ1) is 8.70. The number of amides is 1. The molecule has 1 aliphatic rings. The molecule has 1 aromatic rings. The number of hydrazone groups is 1. The van der Waals surface area contributed by atoms with E-state index in [0.29, 0.717) is 24.9 Å². The van der Waals surface area contributed by atoms with Crippen molar-refractivity contribution >= 4 is 17.9 Å². The summed E-state index contributed by atoms with van der Waals surface area (Å²) < 4.78 is 5.27. The van der Waals surface area contributed by atoms with Gasteiger partial charge in [0.15, 0.2) is 6.29 Å². The van der Waals surface area contributed by atoms with Crippen LogP contribution in [0.2, 0.25) is 0 Å². The van der Waals surface area contributed by atoms with E-state index in [1.165, 1.54) is 0 Å². The van der Waals surface area contributed by atoms with Gasteiger partial charge in [-0.3, -0.25) is 9.59 Å². The molecule has 2 rings (SSSR count). The van der Waals surface area contributed by atoms with E-state index in [1.54, 1.807) is 0 Å². The van der Waals surface area contributed by atoms with Gasteiger partial charge in [0.25, 0.3) is 0 Å². The third-order valence-corrected chi connectivity index (χ3v) is 2.72. The van der Waals surface area contributed by atoms with Gasteiger partial charge in [-0.1, -0.05) is 0 Å². The minimum Gasteiger partial charge on any atom is -0.486 e. The smallest absolute Gasteiger partial charge is 0.240 e. The van der Waals surface area contributed by atoms with Crippen LogP contribution in [-0.2, 0) is 9.59 Å². The molecule has 0 radical (unpaired) electrons. The molecule has 5 nitrogen and oxygen atoms in total. The number of hydrogen-bond donors (Lipinski definition) is 1. The Labute approximate surface area is 105 Å². The molecule has 1 N–H and O–H groups in total. The summed E-state index contributed by atoms with van der Waals surface area (Å²) in [5, 5.41) is 4.03. The quantitative estimate of drug-likeness (QED) is 0.811. The third kappa shape index (κ3) is 2.74. The van der Waals surface area contributed by atoms with Crippen molar-refractivity contribution in [3.63, 3.8) is 0 Å². The Morgan fingerprint density at radius 2 is 2.28 bits per heavy atom. The van der Waals surface area contributed by atoms with Crippen LogP contribution < -0.4 is 10.2 Å². The summed E-state index contributed by atoms with van der Waals surface area (Å²) in [5.41, 5.74) is 5.23. The molecule has 0 bridgehead atoms. The number of carbonyl (C=O) groups excluding carboxylic acids is 2. The van der Waals surface area contributed by atoms with Gasteiger partial charge in [-0.15, -0.1) is 0 Å². The van der Waals surface area contributed by atoms with Crippen LogP contribution in [0.25, 0.3) is 0 Å². The molecule has 5 heteroatoms. The van der Waals surface area contributed by atoms with Crippen LogP contribution in [0.4, 0.5) is 0 Å². The fraction of sp³-hybridized carbons (Fsp3) is 0.308. The van der Waals surface area contributed by atoms with Crippen LogP contribution in [0.1, 0.15) is 24.0 Å². The Morgan fingerprint density at radius 3 is 2.89 bits per heavy atom. The summed E-state index contributed by atoms with van der Waals surface area (Å²) in [6, 6.07) is 5.63. The lowest BCUT2D eigenvalue weighted by atomic mass is 10.0. The Morgan fingerprint density at radius 1 is 1.44 bits per heavy atom. The zero-order valence-electron chi connectivity index (χ0n) is 10.1. The fourth-order valence-corrected chi connectivity index (χ4v) is 1.80. The number of nitrogens with zero attached hydrogens (tertiary/aromatic N) is 1. The number of aryl methyl sites for hydroxylation is 1. The molecule has 0 atom stereocenters. The lowest BCUT2D eigenvalue weighted by molar-refractivity contribution is -0.121. The van der Waals surface area contributed by atoms with Gasteiger partial charge in [0, 0.05) is 12.8 Å². The Balaban J connectivity index is 2.18. The highest BCUT2D eigenvalue weighted by atomic mass is 16.5. The molecule has 0 aliphatic carbocycles. The number of hydrogen-bond acceptors (Lipinski definition) is 4. The summed E-state index contributed by atoms with van der Waals surface area (Å²) >= 11 is 0. The summed E-state index contributed by atoms with van der Waals surface area (Å²) in [6.07, 6.45) is 1.81. The topological polar surface area (TPSA) is 67.8 Å². The highest BCUT2D eigenvalue weighted by Gasteiger charge is 2.14. The minimum atomic E-state index is -0.0543. The Bertz CT molecular complexity index is 509. The summed E-state index contributed by atoms with van der Waals surface area (Å²) in [7, 11) is 0. The van der Waals surface area contributed by atoms with E-state index in [-0.39, 0.29) is 12.5 Å². The Hall–Kier alpha value is -2.17. The minimum absolute atomic E-state index is 0.0528. The van der Waals surface area contributed by atoms with E-state index in [2.05, 4.69) is 10.5 Å². The molecule has 0 unspecified atom stereocenters. The van der Waals surface area contributed by atoms with Crippen molar-refractivity contribution in [1.82, 2.24) is 5.43 Å². The molecule has 0 fully saturated rings. The number of carbonyl (C=O) groups is 2. The van der Waals surface area contributed by atoms with Gasteiger partial charge >= 0.3 is 0 Å². The molecule has 1 heterocycles. The number of benzene rings is 1. The van der Waals surface area contributed by atoms with Gasteiger partial charge in [0.1, 0.15) is 12.4 Å². The monoisotopic (exact) mass is 246 g/mol. The first-order valence-electron chi connectivity index (χ1n) is 5.73. The zero-order chi connectivity index (χ0) is 13.0. The molecule has 18 heavy (non-hydrogen) atoms. The van der Waals surface area contributed by atoms with E-state index in [4.69, 9.17) is 4.74 Å². The Kier molecular flexibility index (Phi) is 3.72. The molecule has 0 saturated heterocycles. The first-order valence-corrected chi connectivity index (χ1v) is 5.73. The number of nitrogens with one attached hydrogen (secondary N) is 1. The maximum absolute atomic E-state index is 11.0. The number of rotatable bonds is 4.